The lowest BCUT2D eigenvalue weighted by Gasteiger charge is -2.14. The first-order valence-electron chi connectivity index (χ1n) is 11.2. The molecule has 1 aromatic heterocycles. The standard InChI is InChI=1S/C31H22N2/c1-21-32-30(24-13-6-3-7-14-24)29-20-27(26-17-16-22-10-8-9-15-25(22)18-26)19-28(31(29)33-21)23-11-4-2-5-12-23/h2-20H,1H3. The molecule has 2 heteroatoms. The zero-order valence-electron chi connectivity index (χ0n) is 18.4. The van der Waals surface area contributed by atoms with Crippen molar-refractivity contribution in [1.29, 1.82) is 0 Å². The lowest BCUT2D eigenvalue weighted by Crippen LogP contribution is -1.97. The Hall–Kier alpha value is -4.30. The highest BCUT2D eigenvalue weighted by molar-refractivity contribution is 6.04. The van der Waals surface area contributed by atoms with Crippen LogP contribution in [0.15, 0.2) is 115 Å². The minimum Gasteiger partial charge on any atom is -0.233 e. The van der Waals surface area contributed by atoms with Crippen molar-refractivity contribution in [3.63, 3.8) is 0 Å². The molecule has 0 aliphatic heterocycles. The van der Waals surface area contributed by atoms with E-state index in [0.29, 0.717) is 0 Å². The Morgan fingerprint density at radius 2 is 1.15 bits per heavy atom. The molecule has 5 aromatic carbocycles. The Morgan fingerprint density at radius 3 is 1.91 bits per heavy atom. The van der Waals surface area contributed by atoms with Gasteiger partial charge in [0.25, 0.3) is 0 Å². The van der Waals surface area contributed by atoms with Crippen LogP contribution in [0.3, 0.4) is 0 Å². The zero-order chi connectivity index (χ0) is 22.2. The summed E-state index contributed by atoms with van der Waals surface area (Å²) in [6, 6.07) is 40.6. The summed E-state index contributed by atoms with van der Waals surface area (Å²) in [4.78, 5) is 9.79. The smallest absolute Gasteiger partial charge is 0.126 e. The second kappa shape index (κ2) is 7.99. The molecular weight excluding hydrogens is 400 g/mol. The van der Waals surface area contributed by atoms with Gasteiger partial charge in [-0.3, -0.25) is 0 Å². The Balaban J connectivity index is 1.69. The van der Waals surface area contributed by atoms with Gasteiger partial charge in [0.05, 0.1) is 11.2 Å². The molecule has 33 heavy (non-hydrogen) atoms. The second-order valence-corrected chi connectivity index (χ2v) is 8.33. The van der Waals surface area contributed by atoms with E-state index in [1.165, 1.54) is 16.3 Å². The van der Waals surface area contributed by atoms with Crippen molar-refractivity contribution in [1.82, 2.24) is 9.97 Å². The number of benzene rings is 5. The van der Waals surface area contributed by atoms with Crippen LogP contribution >= 0.6 is 0 Å². The molecule has 0 saturated heterocycles. The van der Waals surface area contributed by atoms with Gasteiger partial charge in [-0.15, -0.1) is 0 Å². The third-order valence-corrected chi connectivity index (χ3v) is 6.13. The van der Waals surface area contributed by atoms with E-state index in [4.69, 9.17) is 9.97 Å². The average molecular weight is 423 g/mol. The highest BCUT2D eigenvalue weighted by atomic mass is 14.9. The Morgan fingerprint density at radius 1 is 0.485 bits per heavy atom. The van der Waals surface area contributed by atoms with E-state index in [1.807, 2.05) is 13.0 Å². The molecule has 6 aromatic rings. The molecule has 0 aliphatic rings. The van der Waals surface area contributed by atoms with Crippen molar-refractivity contribution in [2.24, 2.45) is 0 Å². The maximum absolute atomic E-state index is 4.91. The van der Waals surface area contributed by atoms with Gasteiger partial charge in [-0.25, -0.2) is 9.97 Å². The average Bonchev–Trinajstić information content (AvgIpc) is 2.88. The molecule has 0 aliphatic carbocycles. The summed E-state index contributed by atoms with van der Waals surface area (Å²) in [5.74, 6) is 0.775. The van der Waals surface area contributed by atoms with E-state index in [2.05, 4.69) is 109 Å². The van der Waals surface area contributed by atoms with Crippen LogP contribution in [-0.2, 0) is 0 Å². The molecular formula is C31H22N2. The first-order valence-corrected chi connectivity index (χ1v) is 11.2. The number of hydrogen-bond donors (Lipinski definition) is 0. The van der Waals surface area contributed by atoms with Gasteiger partial charge in [0.15, 0.2) is 0 Å². The number of rotatable bonds is 3. The Kier molecular flexibility index (Phi) is 4.70. The highest BCUT2D eigenvalue weighted by Crippen LogP contribution is 2.37. The van der Waals surface area contributed by atoms with Crippen LogP contribution in [0.25, 0.3) is 55.2 Å². The predicted molar refractivity (Wildman–Crippen MR) is 138 cm³/mol. The molecule has 0 unspecified atom stereocenters. The van der Waals surface area contributed by atoms with Crippen LogP contribution in [0.1, 0.15) is 5.82 Å². The fourth-order valence-corrected chi connectivity index (χ4v) is 4.53. The molecule has 0 N–H and O–H groups in total. The first kappa shape index (κ1) is 19.4. The van der Waals surface area contributed by atoms with Crippen molar-refractivity contribution in [3.05, 3.63) is 121 Å². The van der Waals surface area contributed by atoms with E-state index < -0.39 is 0 Å². The van der Waals surface area contributed by atoms with Gasteiger partial charge in [-0.05, 0) is 52.6 Å². The molecule has 0 fully saturated rings. The topological polar surface area (TPSA) is 25.8 Å². The number of hydrogen-bond acceptors (Lipinski definition) is 2. The maximum atomic E-state index is 4.91. The van der Waals surface area contributed by atoms with Gasteiger partial charge < -0.3 is 0 Å². The fraction of sp³-hybridized carbons (Fsp3) is 0.0323. The van der Waals surface area contributed by atoms with Crippen LogP contribution < -0.4 is 0 Å². The number of aryl methyl sites for hydroxylation is 1. The monoisotopic (exact) mass is 422 g/mol. The van der Waals surface area contributed by atoms with Crippen molar-refractivity contribution in [2.45, 2.75) is 6.92 Å². The molecule has 0 amide bonds. The van der Waals surface area contributed by atoms with Gasteiger partial charge >= 0.3 is 0 Å². The van der Waals surface area contributed by atoms with E-state index in [0.717, 1.165) is 44.7 Å². The van der Waals surface area contributed by atoms with Gasteiger partial charge in [-0.1, -0.05) is 97.1 Å². The molecule has 2 nitrogen and oxygen atoms in total. The molecule has 0 saturated carbocycles. The summed E-state index contributed by atoms with van der Waals surface area (Å²) in [6.07, 6.45) is 0. The lowest BCUT2D eigenvalue weighted by atomic mass is 9.93. The molecule has 0 spiro atoms. The SMILES string of the molecule is Cc1nc(-c2ccccc2)c2cc(-c3ccc4ccccc4c3)cc(-c3ccccc3)c2n1. The maximum Gasteiger partial charge on any atom is 0.126 e. The Bertz CT molecular complexity index is 1600. The van der Waals surface area contributed by atoms with Crippen LogP contribution in [0.5, 0.6) is 0 Å². The molecule has 1 heterocycles. The number of nitrogens with zero attached hydrogens (tertiary/aromatic N) is 2. The molecule has 0 radical (unpaired) electrons. The van der Waals surface area contributed by atoms with Crippen LogP contribution in [-0.4, -0.2) is 9.97 Å². The number of aromatic nitrogens is 2. The van der Waals surface area contributed by atoms with E-state index in [1.54, 1.807) is 0 Å². The Labute approximate surface area is 193 Å². The minimum absolute atomic E-state index is 0.775. The lowest BCUT2D eigenvalue weighted by molar-refractivity contribution is 1.10. The van der Waals surface area contributed by atoms with Crippen molar-refractivity contribution < 1.29 is 0 Å². The van der Waals surface area contributed by atoms with Crippen LogP contribution in [0.4, 0.5) is 0 Å². The zero-order valence-corrected chi connectivity index (χ0v) is 18.4. The third kappa shape index (κ3) is 3.56. The first-order chi connectivity index (χ1) is 16.3. The van der Waals surface area contributed by atoms with Crippen molar-refractivity contribution >= 4 is 21.7 Å². The second-order valence-electron chi connectivity index (χ2n) is 8.33. The van der Waals surface area contributed by atoms with Gasteiger partial charge in [0.2, 0.25) is 0 Å². The molecule has 0 atom stereocenters. The van der Waals surface area contributed by atoms with Crippen molar-refractivity contribution in [2.75, 3.05) is 0 Å². The van der Waals surface area contributed by atoms with Gasteiger partial charge in [-0.2, -0.15) is 0 Å². The summed E-state index contributed by atoms with van der Waals surface area (Å²) in [5.41, 5.74) is 7.68. The summed E-state index contributed by atoms with van der Waals surface area (Å²) in [5, 5.41) is 3.55. The van der Waals surface area contributed by atoms with E-state index in [-0.39, 0.29) is 0 Å². The summed E-state index contributed by atoms with van der Waals surface area (Å²) in [6.45, 7) is 1.97. The summed E-state index contributed by atoms with van der Waals surface area (Å²) < 4.78 is 0. The molecule has 6 rings (SSSR count). The normalized spacial score (nSPS) is 11.2. The molecule has 0 bridgehead atoms. The minimum atomic E-state index is 0.775. The third-order valence-electron chi connectivity index (χ3n) is 6.13. The van der Waals surface area contributed by atoms with Crippen LogP contribution in [0.2, 0.25) is 0 Å². The van der Waals surface area contributed by atoms with E-state index >= 15 is 0 Å². The summed E-state index contributed by atoms with van der Waals surface area (Å²) >= 11 is 0. The van der Waals surface area contributed by atoms with Crippen LogP contribution in [0, 0.1) is 6.92 Å². The predicted octanol–water partition coefficient (Wildman–Crippen LogP) is 8.09. The highest BCUT2D eigenvalue weighted by Gasteiger charge is 2.15. The van der Waals surface area contributed by atoms with Crippen molar-refractivity contribution in [3.8, 4) is 33.5 Å². The van der Waals surface area contributed by atoms with Gasteiger partial charge in [0, 0.05) is 16.5 Å². The fourth-order valence-electron chi connectivity index (χ4n) is 4.53. The quantitative estimate of drug-likeness (QED) is 0.288. The van der Waals surface area contributed by atoms with Gasteiger partial charge in [0.1, 0.15) is 5.82 Å². The largest absolute Gasteiger partial charge is 0.233 e. The number of fused-ring (bicyclic) bond motifs is 2. The van der Waals surface area contributed by atoms with E-state index in [9.17, 15) is 0 Å². The molecule has 156 valence electrons. The summed E-state index contributed by atoms with van der Waals surface area (Å²) in [7, 11) is 0.